The van der Waals surface area contributed by atoms with Gasteiger partial charge >= 0.3 is 5.97 Å². The summed E-state index contributed by atoms with van der Waals surface area (Å²) in [5.41, 5.74) is 0. The van der Waals surface area contributed by atoms with E-state index in [-0.39, 0.29) is 36.5 Å². The van der Waals surface area contributed by atoms with Crippen LogP contribution < -0.4 is 0 Å². The minimum atomic E-state index is -0.392. The number of aliphatic hydroxyl groups excluding tert-OH is 1. The van der Waals surface area contributed by atoms with Crippen molar-refractivity contribution in [1.82, 2.24) is 0 Å². The summed E-state index contributed by atoms with van der Waals surface area (Å²) < 4.78 is 16.9. The Morgan fingerprint density at radius 3 is 2.63 bits per heavy atom. The molecule has 3 aliphatic rings. The van der Waals surface area contributed by atoms with Crippen molar-refractivity contribution in [1.29, 1.82) is 0 Å². The summed E-state index contributed by atoms with van der Waals surface area (Å²) in [5, 5.41) is 10.2. The van der Waals surface area contributed by atoms with Gasteiger partial charge in [-0.15, -0.1) is 0 Å². The lowest BCUT2D eigenvalue weighted by Crippen LogP contribution is -2.55. The maximum absolute atomic E-state index is 11.6. The molecule has 0 radical (unpaired) electrons. The van der Waals surface area contributed by atoms with Crippen LogP contribution in [0.15, 0.2) is 24.3 Å². The Morgan fingerprint density at radius 1 is 1.13 bits per heavy atom. The lowest BCUT2D eigenvalue weighted by atomic mass is 9.84. The highest BCUT2D eigenvalue weighted by atomic mass is 16.7. The van der Waals surface area contributed by atoms with Crippen molar-refractivity contribution in [2.24, 2.45) is 5.92 Å². The fourth-order valence-corrected chi connectivity index (χ4v) is 4.05. The van der Waals surface area contributed by atoms with Gasteiger partial charge in [-0.2, -0.15) is 0 Å². The zero-order valence-corrected chi connectivity index (χ0v) is 19.1. The molecule has 3 rings (SSSR count). The summed E-state index contributed by atoms with van der Waals surface area (Å²) in [5.74, 6) is 0.160. The first-order valence-corrected chi connectivity index (χ1v) is 12.0. The van der Waals surface area contributed by atoms with E-state index in [0.29, 0.717) is 6.42 Å². The van der Waals surface area contributed by atoms with Crippen molar-refractivity contribution in [2.75, 3.05) is 0 Å². The molecule has 5 heteroatoms. The van der Waals surface area contributed by atoms with Gasteiger partial charge in [-0.1, -0.05) is 63.3 Å². The van der Waals surface area contributed by atoms with Crippen molar-refractivity contribution >= 4 is 5.97 Å². The van der Waals surface area contributed by atoms with Crippen LogP contribution >= 0.6 is 0 Å². The largest absolute Gasteiger partial charge is 0.463 e. The number of unbranched alkanes of at least 4 members (excludes halogenated alkanes) is 5. The lowest BCUT2D eigenvalue weighted by molar-refractivity contribution is -0.337. The van der Waals surface area contributed by atoms with E-state index in [4.69, 9.17) is 14.2 Å². The SMILES string of the molecule is CCCCCCCC(O)/C=C/C1OC2CC(O2)C1C/C=C/CCCC(=O)OC(C)C. The van der Waals surface area contributed by atoms with Crippen molar-refractivity contribution in [3.05, 3.63) is 24.3 Å². The van der Waals surface area contributed by atoms with Crippen molar-refractivity contribution in [2.45, 2.75) is 122 Å². The van der Waals surface area contributed by atoms with Crippen LogP contribution in [-0.2, 0) is 19.0 Å². The molecule has 0 aromatic heterocycles. The monoisotopic (exact) mass is 422 g/mol. The van der Waals surface area contributed by atoms with Crippen molar-refractivity contribution < 1.29 is 24.1 Å². The first-order chi connectivity index (χ1) is 14.5. The van der Waals surface area contributed by atoms with E-state index >= 15 is 0 Å². The third-order valence-electron chi connectivity index (χ3n) is 5.78. The highest BCUT2D eigenvalue weighted by Gasteiger charge is 2.46. The number of fused-ring (bicyclic) bond motifs is 2. The van der Waals surface area contributed by atoms with Crippen LogP contribution in [0.25, 0.3) is 0 Å². The number of rotatable bonds is 15. The van der Waals surface area contributed by atoms with Gasteiger partial charge in [0.05, 0.1) is 24.4 Å². The minimum Gasteiger partial charge on any atom is -0.463 e. The molecular weight excluding hydrogens is 380 g/mol. The van der Waals surface area contributed by atoms with E-state index in [1.807, 2.05) is 26.0 Å². The van der Waals surface area contributed by atoms with Crippen LogP contribution in [0, 0.1) is 5.92 Å². The Balaban J connectivity index is 1.68. The van der Waals surface area contributed by atoms with Gasteiger partial charge < -0.3 is 19.3 Å². The summed E-state index contributed by atoms with van der Waals surface area (Å²) in [6, 6.07) is 0. The number of ether oxygens (including phenoxy) is 3. The molecular formula is C25H42O5. The van der Waals surface area contributed by atoms with E-state index < -0.39 is 6.10 Å². The second-order valence-electron chi connectivity index (χ2n) is 8.90. The molecule has 0 aromatic carbocycles. The zero-order valence-electron chi connectivity index (χ0n) is 19.1. The molecule has 0 spiro atoms. The highest BCUT2D eigenvalue weighted by Crippen LogP contribution is 2.40. The van der Waals surface area contributed by atoms with Gasteiger partial charge in [0.2, 0.25) is 0 Å². The number of allylic oxidation sites excluding steroid dienone is 2. The molecule has 0 aromatic rings. The Hall–Kier alpha value is -1.17. The standard InChI is InChI=1S/C25H42O5/c1-4-5-6-7-10-13-20(26)16-17-22-21(23-18-25(29-22)30-23)14-11-8-9-12-15-24(27)28-19(2)3/h8,11,16-17,19-23,25-26H,4-7,9-10,12-15,18H2,1-3H3/b11-8+,17-16+. The fourth-order valence-electron chi connectivity index (χ4n) is 4.05. The Kier molecular flexibility index (Phi) is 11.7. The number of aliphatic hydroxyl groups is 1. The summed E-state index contributed by atoms with van der Waals surface area (Å²) in [6.45, 7) is 5.95. The number of hydrogen-bond donors (Lipinski definition) is 1. The first-order valence-electron chi connectivity index (χ1n) is 12.0. The van der Waals surface area contributed by atoms with Crippen LogP contribution in [0.1, 0.15) is 91.4 Å². The lowest BCUT2D eigenvalue weighted by Gasteiger charge is -2.49. The average molecular weight is 423 g/mol. The predicted octanol–water partition coefficient (Wildman–Crippen LogP) is 5.46. The number of hydrogen-bond acceptors (Lipinski definition) is 5. The van der Waals surface area contributed by atoms with Crippen molar-refractivity contribution in [3.63, 3.8) is 0 Å². The molecule has 30 heavy (non-hydrogen) atoms. The van der Waals surface area contributed by atoms with Crippen LogP contribution in [-0.4, -0.2) is 41.8 Å². The summed E-state index contributed by atoms with van der Waals surface area (Å²) in [4.78, 5) is 11.6. The van der Waals surface area contributed by atoms with Gasteiger partial charge in [-0.05, 0) is 39.5 Å². The second kappa shape index (κ2) is 14.0. The summed E-state index contributed by atoms with van der Waals surface area (Å²) in [6.07, 6.45) is 18.8. The Bertz CT molecular complexity index is 536. The molecule has 5 atom stereocenters. The molecule has 3 aliphatic heterocycles. The molecule has 5 nitrogen and oxygen atoms in total. The van der Waals surface area contributed by atoms with Crippen LogP contribution in [0.3, 0.4) is 0 Å². The molecule has 3 saturated heterocycles. The summed E-state index contributed by atoms with van der Waals surface area (Å²) >= 11 is 0. The van der Waals surface area contributed by atoms with Crippen LogP contribution in [0.5, 0.6) is 0 Å². The van der Waals surface area contributed by atoms with Gasteiger partial charge in [0.15, 0.2) is 6.29 Å². The maximum atomic E-state index is 11.6. The molecule has 3 heterocycles. The maximum Gasteiger partial charge on any atom is 0.306 e. The van der Waals surface area contributed by atoms with E-state index in [1.165, 1.54) is 25.7 Å². The minimum absolute atomic E-state index is 0.00270. The average Bonchev–Trinajstić information content (AvgIpc) is 2.67. The molecule has 0 amide bonds. The van der Waals surface area contributed by atoms with E-state index in [2.05, 4.69) is 19.1 Å². The molecule has 5 unspecified atom stereocenters. The molecule has 3 fully saturated rings. The van der Waals surface area contributed by atoms with Gasteiger partial charge in [0.1, 0.15) is 0 Å². The second-order valence-corrected chi connectivity index (χ2v) is 8.90. The fraction of sp³-hybridized carbons (Fsp3) is 0.800. The molecule has 172 valence electrons. The highest BCUT2D eigenvalue weighted by molar-refractivity contribution is 5.69. The molecule has 0 aliphatic carbocycles. The Morgan fingerprint density at radius 2 is 1.90 bits per heavy atom. The van der Waals surface area contributed by atoms with Crippen LogP contribution in [0.2, 0.25) is 0 Å². The first kappa shape index (κ1) is 25.1. The van der Waals surface area contributed by atoms with Gasteiger partial charge in [0.25, 0.3) is 0 Å². The number of carbonyl (C=O) groups excluding carboxylic acids is 1. The van der Waals surface area contributed by atoms with E-state index in [0.717, 1.165) is 38.5 Å². The molecule has 2 bridgehead atoms. The van der Waals surface area contributed by atoms with Crippen molar-refractivity contribution in [3.8, 4) is 0 Å². The van der Waals surface area contributed by atoms with Gasteiger partial charge in [0, 0.05) is 18.8 Å². The smallest absolute Gasteiger partial charge is 0.306 e. The molecule has 0 saturated carbocycles. The van der Waals surface area contributed by atoms with Gasteiger partial charge in [-0.25, -0.2) is 0 Å². The quantitative estimate of drug-likeness (QED) is 0.216. The van der Waals surface area contributed by atoms with Gasteiger partial charge in [-0.3, -0.25) is 4.79 Å². The van der Waals surface area contributed by atoms with E-state index in [1.54, 1.807) is 0 Å². The summed E-state index contributed by atoms with van der Waals surface area (Å²) in [7, 11) is 0. The zero-order chi connectivity index (χ0) is 21.8. The number of carbonyl (C=O) groups is 1. The number of esters is 1. The predicted molar refractivity (Wildman–Crippen MR) is 119 cm³/mol. The third kappa shape index (κ3) is 9.32. The third-order valence-corrected chi connectivity index (χ3v) is 5.78. The Labute approximate surface area is 182 Å². The molecule has 1 N–H and O–H groups in total. The normalized spacial score (nSPS) is 27.0. The van der Waals surface area contributed by atoms with Crippen LogP contribution in [0.4, 0.5) is 0 Å². The van der Waals surface area contributed by atoms with E-state index in [9.17, 15) is 9.90 Å². The topological polar surface area (TPSA) is 65.0 Å².